The predicted octanol–water partition coefficient (Wildman–Crippen LogP) is 4.23. The van der Waals surface area contributed by atoms with Gasteiger partial charge in [-0.3, -0.25) is 4.98 Å². The summed E-state index contributed by atoms with van der Waals surface area (Å²) in [6, 6.07) is 12.2. The number of hydrogen-bond acceptors (Lipinski definition) is 3. The van der Waals surface area contributed by atoms with E-state index in [2.05, 4.69) is 39.2 Å². The van der Waals surface area contributed by atoms with E-state index in [0.717, 1.165) is 28.0 Å². The van der Waals surface area contributed by atoms with Crippen LogP contribution >= 0.6 is 12.2 Å². The largest absolute Gasteiger partial charge is 0.343 e. The molecule has 0 atom stereocenters. The first-order valence-corrected chi connectivity index (χ1v) is 7.17. The van der Waals surface area contributed by atoms with Gasteiger partial charge in [0.05, 0.1) is 5.52 Å². The number of benzene rings is 1. The lowest BCUT2D eigenvalue weighted by Gasteiger charge is -2.06. The molecule has 2 aromatic heterocycles. The van der Waals surface area contributed by atoms with Gasteiger partial charge in [0, 0.05) is 28.8 Å². The third-order valence-corrected chi connectivity index (χ3v) is 3.85. The number of nitrogens with zero attached hydrogens (tertiary/aromatic N) is 2. The maximum Gasteiger partial charge on any atom is 0.130 e. The van der Waals surface area contributed by atoms with Crippen LogP contribution in [0.25, 0.3) is 22.2 Å². The molecule has 1 fully saturated rings. The zero-order valence-electron chi connectivity index (χ0n) is 10.8. The summed E-state index contributed by atoms with van der Waals surface area (Å²) in [5.74, 6) is 1.59. The molecule has 0 aliphatic heterocycles. The van der Waals surface area contributed by atoms with E-state index in [-0.39, 0.29) is 0 Å². The monoisotopic (exact) mass is 279 g/mol. The molecule has 0 spiro atoms. The summed E-state index contributed by atoms with van der Waals surface area (Å²) in [6.45, 7) is 0. The Balaban J connectivity index is 1.87. The zero-order valence-corrected chi connectivity index (χ0v) is 11.7. The zero-order chi connectivity index (χ0) is 13.5. The van der Waals surface area contributed by atoms with Crippen LogP contribution in [0.1, 0.15) is 24.6 Å². The molecule has 1 aliphatic rings. The van der Waals surface area contributed by atoms with Gasteiger partial charge < -0.3 is 4.98 Å². The summed E-state index contributed by atoms with van der Waals surface area (Å²) in [5, 5.41) is 1.14. The number of hydrogen-bond donors (Lipinski definition) is 1. The molecular weight excluding hydrogens is 266 g/mol. The van der Waals surface area contributed by atoms with E-state index in [4.69, 9.17) is 12.2 Å². The van der Waals surface area contributed by atoms with Crippen molar-refractivity contribution in [2.24, 2.45) is 0 Å². The van der Waals surface area contributed by atoms with E-state index in [1.165, 1.54) is 12.8 Å². The molecule has 1 saturated carbocycles. The van der Waals surface area contributed by atoms with E-state index in [1.807, 2.05) is 18.3 Å². The smallest absolute Gasteiger partial charge is 0.130 e. The number of aromatic nitrogens is 3. The van der Waals surface area contributed by atoms with Crippen LogP contribution in [0.5, 0.6) is 0 Å². The number of nitrogens with one attached hydrogen (secondary N) is 1. The minimum atomic E-state index is 0.565. The Hall–Kier alpha value is -2.07. The molecule has 4 heteroatoms. The summed E-state index contributed by atoms with van der Waals surface area (Å²) in [4.78, 5) is 12.3. The van der Waals surface area contributed by atoms with E-state index >= 15 is 0 Å². The van der Waals surface area contributed by atoms with Gasteiger partial charge in [0.25, 0.3) is 0 Å². The summed E-state index contributed by atoms with van der Waals surface area (Å²) < 4.78 is 0.654. The van der Waals surface area contributed by atoms with Crippen LogP contribution in [0, 0.1) is 4.64 Å². The first kappa shape index (κ1) is 11.7. The molecule has 0 radical (unpaired) electrons. The molecule has 0 saturated heterocycles. The van der Waals surface area contributed by atoms with E-state index in [9.17, 15) is 0 Å². The third kappa shape index (κ3) is 2.12. The van der Waals surface area contributed by atoms with E-state index in [1.54, 1.807) is 0 Å². The van der Waals surface area contributed by atoms with Crippen molar-refractivity contribution in [1.29, 1.82) is 0 Å². The number of H-pyrrole nitrogens is 1. The van der Waals surface area contributed by atoms with Gasteiger partial charge in [0.1, 0.15) is 10.5 Å². The van der Waals surface area contributed by atoms with Crippen LogP contribution in [0.3, 0.4) is 0 Å². The summed E-state index contributed by atoms with van der Waals surface area (Å²) in [7, 11) is 0. The minimum absolute atomic E-state index is 0.565. The van der Waals surface area contributed by atoms with Gasteiger partial charge in [-0.25, -0.2) is 4.98 Å². The summed E-state index contributed by atoms with van der Waals surface area (Å²) in [6.07, 6.45) is 4.23. The number of pyridine rings is 1. The van der Waals surface area contributed by atoms with Crippen molar-refractivity contribution in [2.45, 2.75) is 18.8 Å². The number of aromatic amines is 1. The van der Waals surface area contributed by atoms with Crippen molar-refractivity contribution in [2.75, 3.05) is 0 Å². The summed E-state index contributed by atoms with van der Waals surface area (Å²) in [5.41, 5.74) is 3.13. The SMILES string of the molecule is S=c1cc(-c2ccc3cccnc3c2)[nH]c(C2CC2)n1. The van der Waals surface area contributed by atoms with Gasteiger partial charge in [-0.05, 0) is 31.0 Å². The van der Waals surface area contributed by atoms with Gasteiger partial charge in [-0.2, -0.15) is 0 Å². The van der Waals surface area contributed by atoms with Crippen molar-refractivity contribution < 1.29 is 0 Å². The van der Waals surface area contributed by atoms with Gasteiger partial charge in [-0.15, -0.1) is 0 Å². The van der Waals surface area contributed by atoms with E-state index < -0.39 is 0 Å². The lowest BCUT2D eigenvalue weighted by molar-refractivity contribution is 0.924. The molecule has 1 aromatic carbocycles. The fourth-order valence-electron chi connectivity index (χ4n) is 2.42. The summed E-state index contributed by atoms with van der Waals surface area (Å²) >= 11 is 5.28. The quantitative estimate of drug-likeness (QED) is 0.714. The normalized spacial score (nSPS) is 14.6. The molecule has 0 unspecified atom stereocenters. The molecule has 1 aliphatic carbocycles. The Morgan fingerprint density at radius 3 is 2.90 bits per heavy atom. The van der Waals surface area contributed by atoms with Crippen LogP contribution in [-0.2, 0) is 0 Å². The topological polar surface area (TPSA) is 41.6 Å². The maximum absolute atomic E-state index is 5.28. The van der Waals surface area contributed by atoms with Crippen LogP contribution in [0.4, 0.5) is 0 Å². The highest BCUT2D eigenvalue weighted by atomic mass is 32.1. The first-order chi connectivity index (χ1) is 9.79. The molecule has 0 amide bonds. The average molecular weight is 279 g/mol. The molecule has 98 valence electrons. The van der Waals surface area contributed by atoms with Crippen molar-refractivity contribution in [3.63, 3.8) is 0 Å². The molecule has 2 heterocycles. The van der Waals surface area contributed by atoms with Crippen molar-refractivity contribution >= 4 is 23.1 Å². The maximum atomic E-state index is 5.28. The molecule has 20 heavy (non-hydrogen) atoms. The van der Waals surface area contributed by atoms with Crippen LogP contribution in [-0.4, -0.2) is 15.0 Å². The highest BCUT2D eigenvalue weighted by molar-refractivity contribution is 7.71. The Kier molecular flexibility index (Phi) is 2.63. The van der Waals surface area contributed by atoms with Crippen molar-refractivity contribution in [3.05, 3.63) is 53.1 Å². The Morgan fingerprint density at radius 2 is 2.05 bits per heavy atom. The molecule has 4 rings (SSSR count). The molecule has 3 aromatic rings. The second kappa shape index (κ2) is 4.49. The lowest BCUT2D eigenvalue weighted by atomic mass is 10.1. The molecule has 0 bridgehead atoms. The van der Waals surface area contributed by atoms with E-state index in [0.29, 0.717) is 10.6 Å². The van der Waals surface area contributed by atoms with Crippen LogP contribution < -0.4 is 0 Å². The highest BCUT2D eigenvalue weighted by Gasteiger charge is 2.26. The Labute approximate surface area is 121 Å². The predicted molar refractivity (Wildman–Crippen MR) is 82.1 cm³/mol. The highest BCUT2D eigenvalue weighted by Crippen LogP contribution is 2.38. The average Bonchev–Trinajstić information content (AvgIpc) is 3.31. The second-order valence-electron chi connectivity index (χ2n) is 5.20. The fraction of sp³-hybridized carbons (Fsp3) is 0.188. The minimum Gasteiger partial charge on any atom is -0.343 e. The molecule has 1 N–H and O–H groups in total. The molecule has 3 nitrogen and oxygen atoms in total. The molecular formula is C16H13N3S. The van der Waals surface area contributed by atoms with Crippen molar-refractivity contribution in [1.82, 2.24) is 15.0 Å². The third-order valence-electron chi connectivity index (χ3n) is 3.64. The number of rotatable bonds is 2. The van der Waals surface area contributed by atoms with Gasteiger partial charge >= 0.3 is 0 Å². The van der Waals surface area contributed by atoms with Gasteiger partial charge in [0.15, 0.2) is 0 Å². The van der Waals surface area contributed by atoms with Crippen LogP contribution in [0.15, 0.2) is 42.6 Å². The van der Waals surface area contributed by atoms with Crippen molar-refractivity contribution in [3.8, 4) is 11.3 Å². The Bertz CT molecular complexity index is 849. The Morgan fingerprint density at radius 1 is 1.15 bits per heavy atom. The van der Waals surface area contributed by atoms with Gasteiger partial charge in [0.2, 0.25) is 0 Å². The standard InChI is InChI=1S/C16H13N3S/c20-15-9-14(18-16(19-15)11-4-5-11)12-6-3-10-2-1-7-17-13(10)8-12/h1-3,6-9,11H,4-5H2,(H,18,19,20). The number of fused-ring (bicyclic) bond motifs is 1. The van der Waals surface area contributed by atoms with Crippen LogP contribution in [0.2, 0.25) is 0 Å². The second-order valence-corrected chi connectivity index (χ2v) is 5.62. The first-order valence-electron chi connectivity index (χ1n) is 6.76. The van der Waals surface area contributed by atoms with Gasteiger partial charge in [-0.1, -0.05) is 30.4 Å². The fourth-order valence-corrected chi connectivity index (χ4v) is 2.63. The lowest BCUT2D eigenvalue weighted by Crippen LogP contribution is -1.95.